The molecule has 0 atom stereocenters. The molecule has 2 aromatic heterocycles. The van der Waals surface area contributed by atoms with Gasteiger partial charge in [-0.2, -0.15) is 8.42 Å². The Hall–Kier alpha value is -5.45. The number of benzene rings is 3. The maximum Gasteiger partial charge on any atom is 0.446 e. The van der Waals surface area contributed by atoms with Crippen LogP contribution in [0.3, 0.4) is 0 Å². The summed E-state index contributed by atoms with van der Waals surface area (Å²) in [6, 6.07) is 12.7. The van der Waals surface area contributed by atoms with Gasteiger partial charge in [0.1, 0.15) is 47.0 Å². The van der Waals surface area contributed by atoms with Gasteiger partial charge in [-0.15, -0.1) is 0 Å². The van der Waals surface area contributed by atoms with E-state index in [-0.39, 0.29) is 78.3 Å². The molecule has 0 bridgehead atoms. The van der Waals surface area contributed by atoms with Crippen molar-refractivity contribution in [1.82, 2.24) is 0 Å². The van der Waals surface area contributed by atoms with Gasteiger partial charge in [0.05, 0.1) is 20.3 Å². The van der Waals surface area contributed by atoms with E-state index in [4.69, 9.17) is 42.0 Å². The third-order valence-electron chi connectivity index (χ3n) is 7.15. The van der Waals surface area contributed by atoms with Gasteiger partial charge in [-0.05, 0) is 50.6 Å². The van der Waals surface area contributed by atoms with Crippen molar-refractivity contribution in [3.05, 3.63) is 76.7 Å². The summed E-state index contributed by atoms with van der Waals surface area (Å²) in [5.74, 6) is -0.562. The van der Waals surface area contributed by atoms with Crippen LogP contribution < -0.4 is 23.1 Å². The minimum atomic E-state index is -4.94. The molecule has 0 aliphatic carbocycles. The predicted octanol–water partition coefficient (Wildman–Crippen LogP) is 6.17. The van der Waals surface area contributed by atoms with Gasteiger partial charge in [0.2, 0.25) is 0 Å². The first kappa shape index (κ1) is 35.8. The number of carbonyl (C=O) groups is 2. The first-order valence-corrected chi connectivity index (χ1v) is 16.5. The quantitative estimate of drug-likeness (QED) is 0.0693. The number of methoxy groups -OCH3 is 2. The normalized spacial score (nSPS) is 11.4. The fraction of sp³-hybridized carbons (Fsp3) is 0.294. The molecule has 0 saturated carbocycles. The van der Waals surface area contributed by atoms with Gasteiger partial charge in [0.15, 0.2) is 35.6 Å². The third kappa shape index (κ3) is 8.05. The van der Waals surface area contributed by atoms with E-state index < -0.39 is 28.1 Å². The van der Waals surface area contributed by atoms with Crippen molar-refractivity contribution < 1.29 is 68.7 Å². The average molecular weight is 715 g/mol. The Morgan fingerprint density at radius 1 is 0.740 bits per heavy atom. The number of ether oxygens (including phenoxy) is 7. The molecule has 1 N–H and O–H groups in total. The Balaban J connectivity index is 1.55. The zero-order valence-corrected chi connectivity index (χ0v) is 28.5. The first-order valence-electron chi connectivity index (χ1n) is 15.1. The fourth-order valence-corrected chi connectivity index (χ4v) is 5.40. The second-order valence-electron chi connectivity index (χ2n) is 10.5. The number of carbonyl (C=O) groups excluding carboxylic acids is 2. The molecule has 0 aliphatic rings. The highest BCUT2D eigenvalue weighted by Gasteiger charge is 2.27. The lowest BCUT2D eigenvalue weighted by atomic mass is 10.1. The van der Waals surface area contributed by atoms with E-state index in [1.807, 2.05) is 12.1 Å². The van der Waals surface area contributed by atoms with Crippen molar-refractivity contribution >= 4 is 44.3 Å². The molecule has 0 saturated heterocycles. The Labute approximate surface area is 286 Å². The second kappa shape index (κ2) is 15.4. The van der Waals surface area contributed by atoms with Crippen molar-refractivity contribution in [3.8, 4) is 28.7 Å². The van der Waals surface area contributed by atoms with Gasteiger partial charge in [0, 0.05) is 30.0 Å². The van der Waals surface area contributed by atoms with Crippen LogP contribution >= 0.6 is 0 Å². The predicted molar refractivity (Wildman–Crippen MR) is 175 cm³/mol. The maximum absolute atomic E-state index is 13.2. The molecule has 0 spiro atoms. The zero-order valence-electron chi connectivity index (χ0n) is 27.7. The SMILES string of the molecule is CCOC(=O)c1c(C)oc2cc(OCc3ccc(OCOC)cc3)c(OCc3oc4cc(OC)c(OS(=O)(=O)O)cc4c3C(=O)OCC)cc12. The zero-order chi connectivity index (χ0) is 36.0. The smallest absolute Gasteiger partial charge is 0.446 e. The van der Waals surface area contributed by atoms with Gasteiger partial charge in [-0.25, -0.2) is 9.59 Å². The summed E-state index contributed by atoms with van der Waals surface area (Å²) >= 11 is 0. The summed E-state index contributed by atoms with van der Waals surface area (Å²) < 4.78 is 87.2. The topological polar surface area (TPSA) is 189 Å². The maximum atomic E-state index is 13.2. The number of fused-ring (bicyclic) bond motifs is 2. The molecule has 5 rings (SSSR count). The van der Waals surface area contributed by atoms with E-state index in [1.165, 1.54) is 20.3 Å². The molecule has 16 heteroatoms. The van der Waals surface area contributed by atoms with Crippen molar-refractivity contribution in [2.24, 2.45) is 0 Å². The Morgan fingerprint density at radius 3 is 1.96 bits per heavy atom. The fourth-order valence-electron chi connectivity index (χ4n) is 5.04. The summed E-state index contributed by atoms with van der Waals surface area (Å²) in [5.41, 5.74) is 1.36. The molecular formula is C34H34O15S. The minimum Gasteiger partial charge on any atom is -0.493 e. The molecule has 0 aliphatic heterocycles. The lowest BCUT2D eigenvalue weighted by Crippen LogP contribution is -2.09. The number of hydrogen-bond donors (Lipinski definition) is 1. The van der Waals surface area contributed by atoms with Crippen LogP contribution in [-0.2, 0) is 37.8 Å². The van der Waals surface area contributed by atoms with Gasteiger partial charge < -0.3 is 46.2 Å². The Bertz CT molecular complexity index is 2110. The molecule has 0 fully saturated rings. The van der Waals surface area contributed by atoms with Crippen LogP contribution in [0.1, 0.15) is 51.6 Å². The van der Waals surface area contributed by atoms with Gasteiger partial charge in [-0.3, -0.25) is 4.55 Å². The highest BCUT2D eigenvalue weighted by molar-refractivity contribution is 7.81. The van der Waals surface area contributed by atoms with Crippen molar-refractivity contribution in [3.63, 3.8) is 0 Å². The Morgan fingerprint density at radius 2 is 1.32 bits per heavy atom. The molecule has 15 nitrogen and oxygen atoms in total. The Kier molecular flexibility index (Phi) is 11.0. The lowest BCUT2D eigenvalue weighted by Gasteiger charge is -2.14. The van der Waals surface area contributed by atoms with Crippen LogP contribution in [0.4, 0.5) is 0 Å². The van der Waals surface area contributed by atoms with E-state index in [9.17, 15) is 22.6 Å². The van der Waals surface area contributed by atoms with Gasteiger partial charge in [-0.1, -0.05) is 12.1 Å². The molecule has 2 heterocycles. The van der Waals surface area contributed by atoms with E-state index in [0.717, 1.165) is 11.6 Å². The number of aryl methyl sites for hydroxylation is 1. The number of rotatable bonds is 16. The number of esters is 2. The molecule has 266 valence electrons. The van der Waals surface area contributed by atoms with E-state index in [1.54, 1.807) is 45.0 Å². The number of furan rings is 2. The largest absolute Gasteiger partial charge is 0.493 e. The molecule has 0 radical (unpaired) electrons. The van der Waals surface area contributed by atoms with Crippen LogP contribution in [0.15, 0.2) is 57.4 Å². The summed E-state index contributed by atoms with van der Waals surface area (Å²) in [7, 11) is -2.17. The second-order valence-corrected chi connectivity index (χ2v) is 11.5. The van der Waals surface area contributed by atoms with Crippen molar-refractivity contribution in [2.75, 3.05) is 34.2 Å². The number of hydrogen-bond acceptors (Lipinski definition) is 14. The molecule has 50 heavy (non-hydrogen) atoms. The minimum absolute atomic E-state index is 0.00352. The first-order chi connectivity index (χ1) is 24.0. The van der Waals surface area contributed by atoms with Crippen LogP contribution in [0.2, 0.25) is 0 Å². The van der Waals surface area contributed by atoms with Crippen LogP contribution in [-0.4, -0.2) is 59.1 Å². The van der Waals surface area contributed by atoms with Crippen molar-refractivity contribution in [2.45, 2.75) is 34.0 Å². The van der Waals surface area contributed by atoms with Crippen LogP contribution in [0, 0.1) is 6.92 Å². The molecule has 0 amide bonds. The van der Waals surface area contributed by atoms with E-state index >= 15 is 0 Å². The lowest BCUT2D eigenvalue weighted by molar-refractivity contribution is 0.0510. The molecule has 0 unspecified atom stereocenters. The van der Waals surface area contributed by atoms with E-state index in [0.29, 0.717) is 22.5 Å². The summed E-state index contributed by atoms with van der Waals surface area (Å²) in [6.07, 6.45) is 0. The van der Waals surface area contributed by atoms with Crippen molar-refractivity contribution in [1.29, 1.82) is 0 Å². The highest BCUT2D eigenvalue weighted by Crippen LogP contribution is 2.40. The third-order valence-corrected chi connectivity index (χ3v) is 7.54. The molecule has 5 aromatic rings. The standard InChI is InChI=1S/C34H34O15S/c1-6-42-33(35)31-19(3)47-24-15-28(44-16-20-8-10-21(11-9-20)46-18-40-4)27(12-22(24)31)45-17-30-32(34(36)43-7-2)23-13-29(49-50(37,38)39)26(41-5)14-25(23)48-30/h8-15H,6-7,16-18H2,1-5H3,(H,37,38,39). The van der Waals surface area contributed by atoms with Gasteiger partial charge >= 0.3 is 22.3 Å². The summed E-state index contributed by atoms with van der Waals surface area (Å²) in [6.45, 7) is 4.94. The van der Waals surface area contributed by atoms with E-state index in [2.05, 4.69) is 4.18 Å². The van der Waals surface area contributed by atoms with Gasteiger partial charge in [0.25, 0.3) is 0 Å². The highest BCUT2D eigenvalue weighted by atomic mass is 32.3. The molecule has 3 aromatic carbocycles. The summed E-state index contributed by atoms with van der Waals surface area (Å²) in [5, 5.41) is 0.497. The molecular weight excluding hydrogens is 680 g/mol. The monoisotopic (exact) mass is 714 g/mol. The average Bonchev–Trinajstić information content (AvgIpc) is 3.59. The summed E-state index contributed by atoms with van der Waals surface area (Å²) in [4.78, 5) is 26.0. The van der Waals surface area contributed by atoms with Crippen LogP contribution in [0.5, 0.6) is 28.7 Å². The van der Waals surface area contributed by atoms with Crippen LogP contribution in [0.25, 0.3) is 21.9 Å².